The molecule has 21 heavy (non-hydrogen) atoms. The Kier molecular flexibility index (Phi) is 6.28. The number of rotatable bonds is 9. The van der Waals surface area contributed by atoms with Crippen molar-refractivity contribution in [2.75, 3.05) is 19.7 Å². The van der Waals surface area contributed by atoms with E-state index < -0.39 is 0 Å². The van der Waals surface area contributed by atoms with Gasteiger partial charge in [0.05, 0.1) is 12.8 Å². The molecule has 2 rings (SSSR count). The minimum absolute atomic E-state index is 0.732. The van der Waals surface area contributed by atoms with Crippen LogP contribution in [0, 0.1) is 0 Å². The first-order chi connectivity index (χ1) is 10.3. The fourth-order valence-corrected chi connectivity index (χ4v) is 2.06. The topological polar surface area (TPSA) is 47.3 Å². The molecular formula is C17H24N2O2. The Morgan fingerprint density at radius 2 is 2.19 bits per heavy atom. The van der Waals surface area contributed by atoms with Gasteiger partial charge in [0.1, 0.15) is 5.75 Å². The average molecular weight is 288 g/mol. The molecular weight excluding hydrogens is 264 g/mol. The maximum atomic E-state index is 5.81. The van der Waals surface area contributed by atoms with Crippen LogP contribution in [0.25, 0.3) is 11.3 Å². The van der Waals surface area contributed by atoms with Gasteiger partial charge in [-0.15, -0.1) is 0 Å². The molecule has 1 N–H and O–H groups in total. The van der Waals surface area contributed by atoms with E-state index in [9.17, 15) is 0 Å². The van der Waals surface area contributed by atoms with E-state index in [1.165, 1.54) is 0 Å². The predicted octanol–water partition coefficient (Wildman–Crippen LogP) is 3.67. The molecule has 4 nitrogen and oxygen atoms in total. The smallest absolute Gasteiger partial charge is 0.194 e. The second-order valence-corrected chi connectivity index (χ2v) is 4.95. The van der Waals surface area contributed by atoms with E-state index in [1.54, 1.807) is 6.20 Å². The van der Waals surface area contributed by atoms with Crippen LogP contribution in [0.1, 0.15) is 32.6 Å². The van der Waals surface area contributed by atoms with E-state index in [0.717, 1.165) is 61.9 Å². The molecule has 0 atom stereocenters. The molecule has 0 radical (unpaired) electrons. The maximum Gasteiger partial charge on any atom is 0.194 e. The second-order valence-electron chi connectivity index (χ2n) is 4.95. The van der Waals surface area contributed by atoms with Crippen molar-refractivity contribution in [1.82, 2.24) is 10.3 Å². The van der Waals surface area contributed by atoms with Gasteiger partial charge in [-0.2, -0.15) is 0 Å². The third kappa shape index (κ3) is 4.90. The Morgan fingerprint density at radius 1 is 1.29 bits per heavy atom. The molecule has 114 valence electrons. The molecule has 0 aliphatic rings. The highest BCUT2D eigenvalue weighted by molar-refractivity contribution is 5.58. The molecule has 0 amide bonds. The standard InChI is InChI=1S/C17H24N2O2/c1-3-11-20-15-8-5-7-14(12-15)16-13-19-17(21-16)9-6-10-18-4-2/h5,7-8,12-13,18H,3-4,6,9-11H2,1-2H3. The lowest BCUT2D eigenvalue weighted by Crippen LogP contribution is -2.14. The summed E-state index contributed by atoms with van der Waals surface area (Å²) in [7, 11) is 0. The van der Waals surface area contributed by atoms with Crippen molar-refractivity contribution in [2.24, 2.45) is 0 Å². The summed E-state index contributed by atoms with van der Waals surface area (Å²) >= 11 is 0. The van der Waals surface area contributed by atoms with Crippen molar-refractivity contribution < 1.29 is 9.15 Å². The van der Waals surface area contributed by atoms with E-state index in [2.05, 4.69) is 24.1 Å². The summed E-state index contributed by atoms with van der Waals surface area (Å²) in [4.78, 5) is 4.35. The molecule has 0 saturated carbocycles. The Hall–Kier alpha value is -1.81. The van der Waals surface area contributed by atoms with Crippen molar-refractivity contribution in [3.8, 4) is 17.1 Å². The number of oxazole rings is 1. The minimum atomic E-state index is 0.732. The Morgan fingerprint density at radius 3 is 3.00 bits per heavy atom. The molecule has 0 spiro atoms. The zero-order chi connectivity index (χ0) is 14.9. The minimum Gasteiger partial charge on any atom is -0.494 e. The van der Waals surface area contributed by atoms with Gasteiger partial charge in [-0.05, 0) is 38.1 Å². The first-order valence-electron chi connectivity index (χ1n) is 7.72. The molecule has 1 aromatic heterocycles. The van der Waals surface area contributed by atoms with E-state index in [-0.39, 0.29) is 0 Å². The molecule has 1 heterocycles. The predicted molar refractivity (Wildman–Crippen MR) is 84.6 cm³/mol. The van der Waals surface area contributed by atoms with Gasteiger partial charge in [0.2, 0.25) is 0 Å². The van der Waals surface area contributed by atoms with E-state index >= 15 is 0 Å². The van der Waals surface area contributed by atoms with Crippen molar-refractivity contribution in [3.63, 3.8) is 0 Å². The number of nitrogens with one attached hydrogen (secondary N) is 1. The molecule has 1 aromatic carbocycles. The number of benzene rings is 1. The fraction of sp³-hybridized carbons (Fsp3) is 0.471. The number of aromatic nitrogens is 1. The van der Waals surface area contributed by atoms with Crippen LogP contribution in [-0.4, -0.2) is 24.7 Å². The highest BCUT2D eigenvalue weighted by atomic mass is 16.5. The van der Waals surface area contributed by atoms with Crippen LogP contribution >= 0.6 is 0 Å². The van der Waals surface area contributed by atoms with Crippen LogP contribution in [0.3, 0.4) is 0 Å². The summed E-state index contributed by atoms with van der Waals surface area (Å²) in [6.45, 7) is 6.93. The lowest BCUT2D eigenvalue weighted by molar-refractivity contribution is 0.317. The second kappa shape index (κ2) is 8.47. The van der Waals surface area contributed by atoms with Crippen LogP contribution in [-0.2, 0) is 6.42 Å². The van der Waals surface area contributed by atoms with Crippen LogP contribution in [0.4, 0.5) is 0 Å². The maximum absolute atomic E-state index is 5.81. The number of hydrogen-bond acceptors (Lipinski definition) is 4. The van der Waals surface area contributed by atoms with E-state index in [1.807, 2.05) is 24.3 Å². The lowest BCUT2D eigenvalue weighted by Gasteiger charge is -2.05. The summed E-state index contributed by atoms with van der Waals surface area (Å²) in [5.74, 6) is 2.47. The number of hydrogen-bond donors (Lipinski definition) is 1. The normalized spacial score (nSPS) is 10.8. The molecule has 0 saturated heterocycles. The molecule has 2 aromatic rings. The van der Waals surface area contributed by atoms with Gasteiger partial charge in [0.15, 0.2) is 11.7 Å². The van der Waals surface area contributed by atoms with Gasteiger partial charge in [-0.3, -0.25) is 0 Å². The third-order valence-corrected chi connectivity index (χ3v) is 3.14. The van der Waals surface area contributed by atoms with Crippen LogP contribution in [0.15, 0.2) is 34.9 Å². The van der Waals surface area contributed by atoms with Crippen molar-refractivity contribution in [2.45, 2.75) is 33.1 Å². The summed E-state index contributed by atoms with van der Waals surface area (Å²) in [5.41, 5.74) is 1.01. The highest BCUT2D eigenvalue weighted by Crippen LogP contribution is 2.25. The SMILES string of the molecule is CCCOc1cccc(-c2cnc(CCCNCC)o2)c1. The number of nitrogens with zero attached hydrogens (tertiary/aromatic N) is 1. The van der Waals surface area contributed by atoms with Crippen LogP contribution in [0.5, 0.6) is 5.75 Å². The Labute approximate surface area is 126 Å². The Balaban J connectivity index is 1.96. The number of ether oxygens (including phenoxy) is 1. The zero-order valence-corrected chi connectivity index (χ0v) is 12.9. The van der Waals surface area contributed by atoms with Crippen molar-refractivity contribution >= 4 is 0 Å². The monoisotopic (exact) mass is 288 g/mol. The van der Waals surface area contributed by atoms with Gasteiger partial charge in [-0.25, -0.2) is 4.98 Å². The van der Waals surface area contributed by atoms with Gasteiger partial charge >= 0.3 is 0 Å². The van der Waals surface area contributed by atoms with E-state index in [0.29, 0.717) is 0 Å². The third-order valence-electron chi connectivity index (χ3n) is 3.14. The molecule has 0 fully saturated rings. The van der Waals surface area contributed by atoms with Crippen molar-refractivity contribution in [3.05, 3.63) is 36.4 Å². The molecule has 0 aliphatic carbocycles. The molecule has 0 aliphatic heterocycles. The molecule has 0 unspecified atom stereocenters. The highest BCUT2D eigenvalue weighted by Gasteiger charge is 2.07. The molecule has 4 heteroatoms. The zero-order valence-electron chi connectivity index (χ0n) is 12.9. The number of aryl methyl sites for hydroxylation is 1. The first kappa shape index (κ1) is 15.6. The first-order valence-corrected chi connectivity index (χ1v) is 7.72. The Bertz CT molecular complexity index is 537. The van der Waals surface area contributed by atoms with Crippen molar-refractivity contribution in [1.29, 1.82) is 0 Å². The molecule has 0 bridgehead atoms. The van der Waals surface area contributed by atoms with Gasteiger partial charge in [0, 0.05) is 12.0 Å². The summed E-state index contributed by atoms with van der Waals surface area (Å²) < 4.78 is 11.5. The summed E-state index contributed by atoms with van der Waals surface area (Å²) in [6.07, 6.45) is 4.69. The largest absolute Gasteiger partial charge is 0.494 e. The van der Waals surface area contributed by atoms with Crippen LogP contribution < -0.4 is 10.1 Å². The van der Waals surface area contributed by atoms with Gasteiger partial charge in [0.25, 0.3) is 0 Å². The lowest BCUT2D eigenvalue weighted by atomic mass is 10.2. The van der Waals surface area contributed by atoms with Gasteiger partial charge in [-0.1, -0.05) is 26.0 Å². The van der Waals surface area contributed by atoms with Gasteiger partial charge < -0.3 is 14.5 Å². The summed E-state index contributed by atoms with van der Waals surface area (Å²) in [6, 6.07) is 7.96. The van der Waals surface area contributed by atoms with Crippen LogP contribution in [0.2, 0.25) is 0 Å². The fourth-order valence-electron chi connectivity index (χ4n) is 2.06. The quantitative estimate of drug-likeness (QED) is 0.715. The van der Waals surface area contributed by atoms with E-state index in [4.69, 9.17) is 9.15 Å². The average Bonchev–Trinajstić information content (AvgIpc) is 2.99. The summed E-state index contributed by atoms with van der Waals surface area (Å²) in [5, 5.41) is 3.30.